The Labute approximate surface area is 89.1 Å². The monoisotopic (exact) mass is 206 g/mol. The van der Waals surface area contributed by atoms with Crippen molar-refractivity contribution in [3.05, 3.63) is 35.9 Å². The van der Waals surface area contributed by atoms with Crippen molar-refractivity contribution < 1.29 is 14.3 Å². The first-order valence-corrected chi connectivity index (χ1v) is 4.90. The molecule has 0 aliphatic rings. The molecule has 1 aromatic rings. The molecule has 0 fully saturated rings. The maximum absolute atomic E-state index is 10.9. The van der Waals surface area contributed by atoms with Crippen molar-refractivity contribution in [2.45, 2.75) is 25.9 Å². The van der Waals surface area contributed by atoms with Crippen molar-refractivity contribution in [3.63, 3.8) is 0 Å². The van der Waals surface area contributed by atoms with Crippen LogP contribution in [0.4, 0.5) is 0 Å². The molecule has 0 saturated heterocycles. The van der Waals surface area contributed by atoms with Crippen molar-refractivity contribution in [1.82, 2.24) is 0 Å². The van der Waals surface area contributed by atoms with Crippen LogP contribution in [0.15, 0.2) is 30.3 Å². The van der Waals surface area contributed by atoms with Crippen LogP contribution >= 0.6 is 0 Å². The van der Waals surface area contributed by atoms with E-state index in [-0.39, 0.29) is 12.1 Å². The smallest absolute Gasteiger partial charge is 0.303 e. The molecule has 0 heterocycles. The number of carbonyl (C=O) groups excluding carboxylic acids is 2. The highest BCUT2D eigenvalue weighted by molar-refractivity contribution is 5.66. The highest BCUT2D eigenvalue weighted by Crippen LogP contribution is 2.22. The van der Waals surface area contributed by atoms with Crippen LogP contribution in [0, 0.1) is 0 Å². The van der Waals surface area contributed by atoms with Gasteiger partial charge in [0.25, 0.3) is 0 Å². The molecule has 0 saturated carbocycles. The molecule has 0 N–H and O–H groups in total. The number of aldehydes is 1. The van der Waals surface area contributed by atoms with E-state index in [9.17, 15) is 9.59 Å². The van der Waals surface area contributed by atoms with E-state index in [4.69, 9.17) is 4.74 Å². The lowest BCUT2D eigenvalue weighted by molar-refractivity contribution is -0.147. The van der Waals surface area contributed by atoms with Gasteiger partial charge in [0.2, 0.25) is 0 Å². The molecule has 1 unspecified atom stereocenters. The van der Waals surface area contributed by atoms with Crippen LogP contribution in [0.1, 0.15) is 31.4 Å². The molecular weight excluding hydrogens is 192 g/mol. The van der Waals surface area contributed by atoms with Gasteiger partial charge in [-0.05, 0) is 12.0 Å². The minimum absolute atomic E-state index is 0.311. The second-order valence-electron chi connectivity index (χ2n) is 3.25. The van der Waals surface area contributed by atoms with Gasteiger partial charge >= 0.3 is 5.97 Å². The summed E-state index contributed by atoms with van der Waals surface area (Å²) in [5.74, 6) is -0.324. The minimum Gasteiger partial charge on any atom is -0.458 e. The predicted octanol–water partition coefficient (Wildman–Crippen LogP) is 2.27. The number of carbonyl (C=O) groups is 2. The van der Waals surface area contributed by atoms with Gasteiger partial charge in [0, 0.05) is 13.3 Å². The number of ether oxygens (including phenoxy) is 1. The van der Waals surface area contributed by atoms with E-state index in [0.717, 1.165) is 11.8 Å². The van der Waals surface area contributed by atoms with Gasteiger partial charge in [-0.1, -0.05) is 30.3 Å². The Morgan fingerprint density at radius 3 is 2.60 bits per heavy atom. The van der Waals surface area contributed by atoms with E-state index in [0.29, 0.717) is 12.8 Å². The minimum atomic E-state index is -0.324. The molecule has 0 radical (unpaired) electrons. The molecule has 0 aliphatic carbocycles. The van der Waals surface area contributed by atoms with Crippen LogP contribution < -0.4 is 0 Å². The van der Waals surface area contributed by atoms with Gasteiger partial charge in [0.15, 0.2) is 0 Å². The second kappa shape index (κ2) is 5.96. The third-order valence-corrected chi connectivity index (χ3v) is 2.03. The maximum Gasteiger partial charge on any atom is 0.303 e. The van der Waals surface area contributed by atoms with E-state index in [1.165, 1.54) is 6.92 Å². The molecule has 0 bridgehead atoms. The van der Waals surface area contributed by atoms with Gasteiger partial charge in [0.1, 0.15) is 12.4 Å². The second-order valence-corrected chi connectivity index (χ2v) is 3.25. The topological polar surface area (TPSA) is 43.4 Å². The van der Waals surface area contributed by atoms with Gasteiger partial charge in [-0.15, -0.1) is 0 Å². The fourth-order valence-electron chi connectivity index (χ4n) is 1.38. The lowest BCUT2D eigenvalue weighted by Crippen LogP contribution is -2.08. The van der Waals surface area contributed by atoms with Crippen LogP contribution in [0.5, 0.6) is 0 Å². The zero-order valence-corrected chi connectivity index (χ0v) is 8.68. The third-order valence-electron chi connectivity index (χ3n) is 2.03. The molecule has 0 amide bonds. The quantitative estimate of drug-likeness (QED) is 0.548. The fraction of sp³-hybridized carbons (Fsp3) is 0.333. The summed E-state index contributed by atoms with van der Waals surface area (Å²) in [6.07, 6.45) is 1.45. The highest BCUT2D eigenvalue weighted by atomic mass is 16.5. The van der Waals surface area contributed by atoms with Crippen LogP contribution in [0.3, 0.4) is 0 Å². The average Bonchev–Trinajstić information content (AvgIpc) is 2.25. The number of esters is 1. The lowest BCUT2D eigenvalue weighted by atomic mass is 10.1. The van der Waals surface area contributed by atoms with Crippen molar-refractivity contribution in [1.29, 1.82) is 0 Å². The highest BCUT2D eigenvalue weighted by Gasteiger charge is 2.13. The Hall–Kier alpha value is -1.64. The summed E-state index contributed by atoms with van der Waals surface area (Å²) < 4.78 is 5.14. The number of benzene rings is 1. The average molecular weight is 206 g/mol. The molecular formula is C12H14O3. The van der Waals surface area contributed by atoms with Crippen molar-refractivity contribution in [2.24, 2.45) is 0 Å². The molecule has 3 heteroatoms. The number of hydrogen-bond donors (Lipinski definition) is 0. The van der Waals surface area contributed by atoms with E-state index in [2.05, 4.69) is 0 Å². The van der Waals surface area contributed by atoms with Crippen molar-refractivity contribution in [2.75, 3.05) is 0 Å². The number of rotatable bonds is 5. The fourth-order valence-corrected chi connectivity index (χ4v) is 1.38. The Bertz CT molecular complexity index is 319. The SMILES string of the molecule is CC(=O)OC(CCC=O)c1ccccc1. The van der Waals surface area contributed by atoms with E-state index >= 15 is 0 Å². The van der Waals surface area contributed by atoms with Crippen molar-refractivity contribution in [3.8, 4) is 0 Å². The molecule has 15 heavy (non-hydrogen) atoms. The molecule has 1 rings (SSSR count). The van der Waals surface area contributed by atoms with E-state index in [1.54, 1.807) is 0 Å². The first-order valence-electron chi connectivity index (χ1n) is 4.90. The Kier molecular flexibility index (Phi) is 4.54. The molecule has 3 nitrogen and oxygen atoms in total. The van der Waals surface area contributed by atoms with E-state index in [1.807, 2.05) is 30.3 Å². The summed E-state index contributed by atoms with van der Waals surface area (Å²) in [7, 11) is 0. The van der Waals surface area contributed by atoms with Crippen LogP contribution in [0.2, 0.25) is 0 Å². The van der Waals surface area contributed by atoms with Crippen LogP contribution in [-0.4, -0.2) is 12.3 Å². The molecule has 1 aromatic carbocycles. The van der Waals surface area contributed by atoms with Gasteiger partial charge in [0.05, 0.1) is 0 Å². The number of hydrogen-bond acceptors (Lipinski definition) is 3. The largest absolute Gasteiger partial charge is 0.458 e. The Morgan fingerprint density at radius 2 is 2.07 bits per heavy atom. The van der Waals surface area contributed by atoms with Crippen LogP contribution in [-0.2, 0) is 14.3 Å². The van der Waals surface area contributed by atoms with Crippen LogP contribution in [0.25, 0.3) is 0 Å². The zero-order valence-electron chi connectivity index (χ0n) is 8.68. The molecule has 0 aromatic heterocycles. The third kappa shape index (κ3) is 3.94. The Balaban J connectivity index is 2.71. The Morgan fingerprint density at radius 1 is 1.40 bits per heavy atom. The zero-order chi connectivity index (χ0) is 11.1. The summed E-state index contributed by atoms with van der Waals surface area (Å²) in [6.45, 7) is 1.37. The summed E-state index contributed by atoms with van der Waals surface area (Å²) in [6, 6.07) is 9.43. The maximum atomic E-state index is 10.9. The molecule has 1 atom stereocenters. The first-order chi connectivity index (χ1) is 7.24. The predicted molar refractivity (Wildman–Crippen MR) is 56.2 cm³/mol. The summed E-state index contributed by atoms with van der Waals surface area (Å²) in [5, 5.41) is 0. The molecule has 0 spiro atoms. The van der Waals surface area contributed by atoms with Gasteiger partial charge in [-0.25, -0.2) is 0 Å². The standard InChI is InChI=1S/C12H14O3/c1-10(14)15-12(8-5-9-13)11-6-3-2-4-7-11/h2-4,6-7,9,12H,5,8H2,1H3. The van der Waals surface area contributed by atoms with Gasteiger partial charge in [-0.2, -0.15) is 0 Å². The van der Waals surface area contributed by atoms with Crippen molar-refractivity contribution >= 4 is 12.3 Å². The molecule has 0 aliphatic heterocycles. The van der Waals surface area contributed by atoms with Gasteiger partial charge in [-0.3, -0.25) is 4.79 Å². The summed E-state index contributed by atoms with van der Waals surface area (Å²) in [5.41, 5.74) is 0.926. The van der Waals surface area contributed by atoms with Gasteiger partial charge < -0.3 is 9.53 Å². The normalized spacial score (nSPS) is 11.8. The first kappa shape index (κ1) is 11.4. The summed E-state index contributed by atoms with van der Waals surface area (Å²) >= 11 is 0. The van der Waals surface area contributed by atoms with E-state index < -0.39 is 0 Å². The molecule has 80 valence electrons. The summed E-state index contributed by atoms with van der Waals surface area (Å²) in [4.78, 5) is 21.2. The lowest BCUT2D eigenvalue weighted by Gasteiger charge is -2.15.